The highest BCUT2D eigenvalue weighted by molar-refractivity contribution is 6.32. The summed E-state index contributed by atoms with van der Waals surface area (Å²) in [5.74, 6) is 1.37. The van der Waals surface area contributed by atoms with Crippen molar-refractivity contribution in [2.24, 2.45) is 0 Å². The van der Waals surface area contributed by atoms with E-state index in [1.165, 1.54) is 0 Å². The molecule has 2 nitrogen and oxygen atoms in total. The van der Waals surface area contributed by atoms with Gasteiger partial charge in [-0.2, -0.15) is 0 Å². The maximum atomic E-state index is 6.21. The van der Waals surface area contributed by atoms with Gasteiger partial charge in [-0.05, 0) is 55.4 Å². The Hall–Kier alpha value is -1.22. The van der Waals surface area contributed by atoms with E-state index in [0.29, 0.717) is 10.8 Å². The number of benzene rings is 2. The monoisotopic (exact) mass is 295 g/mol. The van der Waals surface area contributed by atoms with Gasteiger partial charge in [0.05, 0.1) is 5.02 Å². The van der Waals surface area contributed by atoms with Gasteiger partial charge in [-0.15, -0.1) is 0 Å². The summed E-state index contributed by atoms with van der Waals surface area (Å²) in [6.07, 6.45) is 0. The molecular formula is C15H15Cl2NO. The number of ether oxygens (including phenoxy) is 1. The Morgan fingerprint density at radius 1 is 1.05 bits per heavy atom. The fraction of sp³-hybridized carbons (Fsp3) is 0.200. The Balaban J connectivity index is 2.20. The van der Waals surface area contributed by atoms with Crippen LogP contribution in [0.5, 0.6) is 11.5 Å². The lowest BCUT2D eigenvalue weighted by molar-refractivity contribution is 0.482. The largest absolute Gasteiger partial charge is 0.456 e. The van der Waals surface area contributed by atoms with Crippen LogP contribution in [0.3, 0.4) is 0 Å². The molecule has 0 unspecified atom stereocenters. The minimum absolute atomic E-state index is 0.598. The van der Waals surface area contributed by atoms with Crippen molar-refractivity contribution in [2.75, 3.05) is 7.05 Å². The van der Waals surface area contributed by atoms with E-state index >= 15 is 0 Å². The number of halogens is 2. The van der Waals surface area contributed by atoms with Crippen LogP contribution in [-0.2, 0) is 6.54 Å². The highest BCUT2D eigenvalue weighted by Gasteiger charge is 2.05. The zero-order chi connectivity index (χ0) is 13.8. The Bertz CT molecular complexity index is 584. The lowest BCUT2D eigenvalue weighted by Gasteiger charge is -2.10. The molecule has 2 aromatic carbocycles. The van der Waals surface area contributed by atoms with E-state index in [1.54, 1.807) is 0 Å². The zero-order valence-electron chi connectivity index (χ0n) is 10.8. The summed E-state index contributed by atoms with van der Waals surface area (Å²) in [6, 6.07) is 11.3. The van der Waals surface area contributed by atoms with Gasteiger partial charge in [0.15, 0.2) is 0 Å². The average Bonchev–Trinajstić information content (AvgIpc) is 2.37. The van der Waals surface area contributed by atoms with Crippen LogP contribution in [0.25, 0.3) is 0 Å². The molecule has 4 heteroatoms. The van der Waals surface area contributed by atoms with E-state index in [1.807, 2.05) is 50.4 Å². The summed E-state index contributed by atoms with van der Waals surface area (Å²) < 4.78 is 5.77. The highest BCUT2D eigenvalue weighted by Crippen LogP contribution is 2.31. The van der Waals surface area contributed by atoms with E-state index in [4.69, 9.17) is 27.9 Å². The predicted molar refractivity (Wildman–Crippen MR) is 80.5 cm³/mol. The maximum absolute atomic E-state index is 6.21. The first-order valence-electron chi connectivity index (χ1n) is 5.97. The van der Waals surface area contributed by atoms with Crippen molar-refractivity contribution in [1.82, 2.24) is 5.32 Å². The van der Waals surface area contributed by atoms with E-state index in [2.05, 4.69) is 5.32 Å². The predicted octanol–water partition coefficient (Wildman–Crippen LogP) is 4.81. The number of aryl methyl sites for hydroxylation is 1. The number of hydrogen-bond acceptors (Lipinski definition) is 2. The van der Waals surface area contributed by atoms with E-state index in [9.17, 15) is 0 Å². The van der Waals surface area contributed by atoms with Crippen molar-refractivity contribution < 1.29 is 4.74 Å². The Kier molecular flexibility index (Phi) is 4.70. The van der Waals surface area contributed by atoms with Crippen molar-refractivity contribution in [3.05, 3.63) is 57.6 Å². The molecule has 0 radical (unpaired) electrons. The third kappa shape index (κ3) is 3.63. The lowest BCUT2D eigenvalue weighted by atomic mass is 10.2. The SMILES string of the molecule is CNCc1ccc(Oc2ccc(Cl)c(C)c2)c(Cl)c1. The van der Waals surface area contributed by atoms with Gasteiger partial charge < -0.3 is 10.1 Å². The molecule has 0 aliphatic heterocycles. The average molecular weight is 296 g/mol. The molecule has 2 aromatic rings. The molecule has 0 saturated heterocycles. The van der Waals surface area contributed by atoms with Crippen molar-refractivity contribution in [3.8, 4) is 11.5 Å². The van der Waals surface area contributed by atoms with Gasteiger partial charge in [0.2, 0.25) is 0 Å². The van der Waals surface area contributed by atoms with Crippen molar-refractivity contribution in [1.29, 1.82) is 0 Å². The van der Waals surface area contributed by atoms with E-state index in [-0.39, 0.29) is 0 Å². The first-order valence-corrected chi connectivity index (χ1v) is 6.73. The summed E-state index contributed by atoms with van der Waals surface area (Å²) >= 11 is 12.2. The molecule has 0 atom stereocenters. The standard InChI is InChI=1S/C15H15Cl2NO/c1-10-7-12(4-5-13(10)16)19-15-6-3-11(9-18-2)8-14(15)17/h3-8,18H,9H2,1-2H3. The van der Waals surface area contributed by atoms with Crippen LogP contribution in [0.4, 0.5) is 0 Å². The minimum Gasteiger partial charge on any atom is -0.456 e. The van der Waals surface area contributed by atoms with Gasteiger partial charge in [0, 0.05) is 11.6 Å². The van der Waals surface area contributed by atoms with E-state index in [0.717, 1.165) is 28.4 Å². The summed E-state index contributed by atoms with van der Waals surface area (Å²) in [6.45, 7) is 2.72. The maximum Gasteiger partial charge on any atom is 0.146 e. The first-order chi connectivity index (χ1) is 9.10. The Morgan fingerprint density at radius 3 is 2.47 bits per heavy atom. The van der Waals surface area contributed by atoms with Crippen LogP contribution in [0.1, 0.15) is 11.1 Å². The number of rotatable bonds is 4. The second kappa shape index (κ2) is 6.29. The van der Waals surface area contributed by atoms with Crippen molar-refractivity contribution >= 4 is 23.2 Å². The van der Waals surface area contributed by atoms with Crippen molar-refractivity contribution in [2.45, 2.75) is 13.5 Å². The summed E-state index contributed by atoms with van der Waals surface area (Å²) in [5, 5.41) is 4.40. The van der Waals surface area contributed by atoms with E-state index < -0.39 is 0 Å². The highest BCUT2D eigenvalue weighted by atomic mass is 35.5. The van der Waals surface area contributed by atoms with Gasteiger partial charge in [-0.3, -0.25) is 0 Å². The molecule has 0 amide bonds. The number of nitrogens with one attached hydrogen (secondary N) is 1. The second-order valence-electron chi connectivity index (χ2n) is 4.31. The van der Waals surface area contributed by atoms with Crippen LogP contribution in [0.2, 0.25) is 10.0 Å². The van der Waals surface area contributed by atoms with Crippen molar-refractivity contribution in [3.63, 3.8) is 0 Å². The minimum atomic E-state index is 0.598. The van der Waals surface area contributed by atoms with Gasteiger partial charge in [-0.1, -0.05) is 29.3 Å². The molecule has 0 heterocycles. The molecule has 100 valence electrons. The topological polar surface area (TPSA) is 21.3 Å². The summed E-state index contributed by atoms with van der Waals surface area (Å²) in [7, 11) is 1.90. The second-order valence-corrected chi connectivity index (χ2v) is 5.12. The van der Waals surface area contributed by atoms with Gasteiger partial charge in [0.1, 0.15) is 11.5 Å². The van der Waals surface area contributed by atoms with Crippen LogP contribution in [0.15, 0.2) is 36.4 Å². The van der Waals surface area contributed by atoms with Crippen LogP contribution in [0, 0.1) is 6.92 Å². The quantitative estimate of drug-likeness (QED) is 0.874. The molecule has 19 heavy (non-hydrogen) atoms. The van der Waals surface area contributed by atoms with Gasteiger partial charge >= 0.3 is 0 Å². The fourth-order valence-electron chi connectivity index (χ4n) is 1.75. The smallest absolute Gasteiger partial charge is 0.146 e. The Labute approximate surface area is 123 Å². The molecule has 0 aromatic heterocycles. The molecule has 1 N–H and O–H groups in total. The fourth-order valence-corrected chi connectivity index (χ4v) is 2.11. The molecule has 0 aliphatic carbocycles. The molecular weight excluding hydrogens is 281 g/mol. The van der Waals surface area contributed by atoms with Gasteiger partial charge in [0.25, 0.3) is 0 Å². The normalized spacial score (nSPS) is 10.5. The summed E-state index contributed by atoms with van der Waals surface area (Å²) in [5.41, 5.74) is 2.09. The molecule has 0 fully saturated rings. The molecule has 0 aliphatic rings. The van der Waals surface area contributed by atoms with Crippen LogP contribution < -0.4 is 10.1 Å². The third-order valence-corrected chi connectivity index (χ3v) is 3.45. The summed E-state index contributed by atoms with van der Waals surface area (Å²) in [4.78, 5) is 0. The first kappa shape index (κ1) is 14.2. The zero-order valence-corrected chi connectivity index (χ0v) is 12.3. The van der Waals surface area contributed by atoms with Crippen LogP contribution >= 0.6 is 23.2 Å². The lowest BCUT2D eigenvalue weighted by Crippen LogP contribution is -2.04. The van der Waals surface area contributed by atoms with Gasteiger partial charge in [-0.25, -0.2) is 0 Å². The number of hydrogen-bond donors (Lipinski definition) is 1. The molecule has 0 bridgehead atoms. The Morgan fingerprint density at radius 2 is 1.84 bits per heavy atom. The molecule has 0 saturated carbocycles. The molecule has 0 spiro atoms. The van der Waals surface area contributed by atoms with Crippen LogP contribution in [-0.4, -0.2) is 7.05 Å². The third-order valence-electron chi connectivity index (χ3n) is 2.73. The molecule has 2 rings (SSSR count).